The zero-order valence-corrected chi connectivity index (χ0v) is 5.50. The van der Waals surface area contributed by atoms with Gasteiger partial charge in [0.15, 0.2) is 11.9 Å². The molecule has 0 aliphatic heterocycles. The second-order valence-corrected chi connectivity index (χ2v) is 2.28. The van der Waals surface area contributed by atoms with Crippen LogP contribution in [-0.2, 0) is 9.53 Å². The van der Waals surface area contributed by atoms with Gasteiger partial charge < -0.3 is 10.5 Å². The molecule has 0 heterocycles. The Kier molecular flexibility index (Phi) is 1.89. The Labute approximate surface area is 58.3 Å². The first-order valence-corrected chi connectivity index (χ1v) is 3.19. The van der Waals surface area contributed by atoms with Gasteiger partial charge in [0.25, 0.3) is 0 Å². The van der Waals surface area contributed by atoms with Crippen molar-refractivity contribution in [2.75, 3.05) is 0 Å². The van der Waals surface area contributed by atoms with Crippen molar-refractivity contribution in [2.45, 2.75) is 25.4 Å². The Morgan fingerprint density at radius 2 is 2.40 bits per heavy atom. The Morgan fingerprint density at radius 1 is 1.70 bits per heavy atom. The SMILES string of the molecule is NC(=O)OC1CCCC1=O. The fraction of sp³-hybridized carbons (Fsp3) is 0.667. The number of carbonyl (C=O) groups is 2. The van der Waals surface area contributed by atoms with E-state index in [1.54, 1.807) is 0 Å². The molecule has 1 atom stereocenters. The first-order valence-electron chi connectivity index (χ1n) is 3.19. The lowest BCUT2D eigenvalue weighted by Gasteiger charge is -2.05. The third-order valence-corrected chi connectivity index (χ3v) is 1.51. The second kappa shape index (κ2) is 2.68. The van der Waals surface area contributed by atoms with Crippen LogP contribution in [0.5, 0.6) is 0 Å². The van der Waals surface area contributed by atoms with Gasteiger partial charge in [-0.1, -0.05) is 0 Å². The van der Waals surface area contributed by atoms with Gasteiger partial charge in [-0.3, -0.25) is 4.79 Å². The summed E-state index contributed by atoms with van der Waals surface area (Å²) in [6.07, 6.45) is 0.522. The molecule has 1 aliphatic rings. The van der Waals surface area contributed by atoms with Crippen molar-refractivity contribution in [1.29, 1.82) is 0 Å². The van der Waals surface area contributed by atoms with Crippen LogP contribution in [0.25, 0.3) is 0 Å². The van der Waals surface area contributed by atoms with Crippen LogP contribution in [-0.4, -0.2) is 18.0 Å². The maximum absolute atomic E-state index is 10.8. The molecule has 0 spiro atoms. The first kappa shape index (κ1) is 7.05. The fourth-order valence-corrected chi connectivity index (χ4v) is 1.05. The second-order valence-electron chi connectivity index (χ2n) is 2.28. The Balaban J connectivity index is 2.40. The summed E-state index contributed by atoms with van der Waals surface area (Å²) in [5.41, 5.74) is 4.72. The van der Waals surface area contributed by atoms with E-state index in [4.69, 9.17) is 5.73 Å². The van der Waals surface area contributed by atoms with Crippen LogP contribution in [0.2, 0.25) is 0 Å². The van der Waals surface area contributed by atoms with Gasteiger partial charge in [0.1, 0.15) is 0 Å². The number of hydrogen-bond acceptors (Lipinski definition) is 3. The van der Waals surface area contributed by atoms with Gasteiger partial charge in [0, 0.05) is 6.42 Å². The minimum Gasteiger partial charge on any atom is -0.438 e. The summed E-state index contributed by atoms with van der Waals surface area (Å²) in [5, 5.41) is 0. The van der Waals surface area contributed by atoms with Crippen molar-refractivity contribution >= 4 is 11.9 Å². The van der Waals surface area contributed by atoms with Crippen molar-refractivity contribution in [3.8, 4) is 0 Å². The number of carbonyl (C=O) groups excluding carboxylic acids is 2. The molecule has 0 bridgehead atoms. The van der Waals surface area contributed by atoms with Gasteiger partial charge in [-0.15, -0.1) is 0 Å². The monoisotopic (exact) mass is 143 g/mol. The summed E-state index contributed by atoms with van der Waals surface area (Å²) >= 11 is 0. The predicted molar refractivity (Wildman–Crippen MR) is 33.3 cm³/mol. The van der Waals surface area contributed by atoms with Gasteiger partial charge in [-0.25, -0.2) is 4.79 Å². The average Bonchev–Trinajstić information content (AvgIpc) is 2.15. The van der Waals surface area contributed by atoms with E-state index in [1.165, 1.54) is 0 Å². The minimum absolute atomic E-state index is 0.0150. The molecule has 4 heteroatoms. The van der Waals surface area contributed by atoms with E-state index < -0.39 is 12.2 Å². The molecule has 1 fully saturated rings. The number of nitrogens with two attached hydrogens (primary N) is 1. The maximum Gasteiger partial charge on any atom is 0.405 e. The molecule has 10 heavy (non-hydrogen) atoms. The van der Waals surface area contributed by atoms with Crippen LogP contribution in [0.15, 0.2) is 0 Å². The molecule has 1 unspecified atom stereocenters. The number of Topliss-reactive ketones (excluding diaryl/α,β-unsaturated/α-hetero) is 1. The highest BCUT2D eigenvalue weighted by molar-refractivity contribution is 5.86. The normalized spacial score (nSPS) is 24.8. The molecule has 0 aromatic carbocycles. The Morgan fingerprint density at radius 3 is 2.80 bits per heavy atom. The average molecular weight is 143 g/mol. The Bertz CT molecular complexity index is 166. The summed E-state index contributed by atoms with van der Waals surface area (Å²) in [6.45, 7) is 0. The van der Waals surface area contributed by atoms with Gasteiger partial charge >= 0.3 is 6.09 Å². The van der Waals surface area contributed by atoms with Crippen molar-refractivity contribution in [1.82, 2.24) is 0 Å². The van der Waals surface area contributed by atoms with E-state index in [-0.39, 0.29) is 5.78 Å². The fourth-order valence-electron chi connectivity index (χ4n) is 1.05. The third-order valence-electron chi connectivity index (χ3n) is 1.51. The van der Waals surface area contributed by atoms with Crippen LogP contribution < -0.4 is 5.73 Å². The number of amides is 1. The molecule has 1 aliphatic carbocycles. The number of ether oxygens (including phenoxy) is 1. The summed E-state index contributed by atoms with van der Waals surface area (Å²) in [4.78, 5) is 20.9. The lowest BCUT2D eigenvalue weighted by Crippen LogP contribution is -2.25. The maximum atomic E-state index is 10.8. The molecule has 0 aromatic rings. The third kappa shape index (κ3) is 1.46. The van der Waals surface area contributed by atoms with Crippen molar-refractivity contribution in [3.05, 3.63) is 0 Å². The van der Waals surface area contributed by atoms with Crippen molar-refractivity contribution in [2.24, 2.45) is 5.73 Å². The van der Waals surface area contributed by atoms with E-state index in [0.29, 0.717) is 12.8 Å². The van der Waals surface area contributed by atoms with Crippen LogP contribution in [0.1, 0.15) is 19.3 Å². The highest BCUT2D eigenvalue weighted by atomic mass is 16.6. The molecule has 2 N–H and O–H groups in total. The zero-order valence-electron chi connectivity index (χ0n) is 5.50. The number of rotatable bonds is 1. The van der Waals surface area contributed by atoms with Crippen LogP contribution >= 0.6 is 0 Å². The van der Waals surface area contributed by atoms with E-state index in [9.17, 15) is 9.59 Å². The van der Waals surface area contributed by atoms with Crippen LogP contribution in [0.3, 0.4) is 0 Å². The summed E-state index contributed by atoms with van der Waals surface area (Å²) < 4.78 is 4.51. The smallest absolute Gasteiger partial charge is 0.405 e. The molecular weight excluding hydrogens is 134 g/mol. The highest BCUT2D eigenvalue weighted by Gasteiger charge is 2.26. The molecule has 1 amide bonds. The summed E-state index contributed by atoms with van der Waals surface area (Å²) in [6, 6.07) is 0. The lowest BCUT2D eigenvalue weighted by atomic mass is 10.3. The Hall–Kier alpha value is -1.06. The van der Waals surface area contributed by atoms with Crippen molar-refractivity contribution < 1.29 is 14.3 Å². The number of hydrogen-bond donors (Lipinski definition) is 1. The van der Waals surface area contributed by atoms with Gasteiger partial charge in [-0.05, 0) is 12.8 Å². The highest BCUT2D eigenvalue weighted by Crippen LogP contribution is 2.16. The van der Waals surface area contributed by atoms with Gasteiger partial charge in [-0.2, -0.15) is 0 Å². The molecule has 1 rings (SSSR count). The van der Waals surface area contributed by atoms with E-state index in [2.05, 4.69) is 4.74 Å². The van der Waals surface area contributed by atoms with E-state index in [1.807, 2.05) is 0 Å². The van der Waals surface area contributed by atoms with Crippen LogP contribution in [0, 0.1) is 0 Å². The number of primary amides is 1. The molecule has 0 radical (unpaired) electrons. The molecule has 0 aromatic heterocycles. The zero-order chi connectivity index (χ0) is 7.56. The molecule has 0 saturated heterocycles. The van der Waals surface area contributed by atoms with Gasteiger partial charge in [0.2, 0.25) is 0 Å². The topological polar surface area (TPSA) is 69.4 Å². The standard InChI is InChI=1S/C6H9NO3/c7-6(9)10-5-3-1-2-4(5)8/h5H,1-3H2,(H2,7,9). The van der Waals surface area contributed by atoms with Crippen LogP contribution in [0.4, 0.5) is 4.79 Å². The van der Waals surface area contributed by atoms with E-state index >= 15 is 0 Å². The molecule has 4 nitrogen and oxygen atoms in total. The first-order chi connectivity index (χ1) is 4.70. The largest absolute Gasteiger partial charge is 0.438 e. The molecule has 1 saturated carbocycles. The minimum atomic E-state index is -0.861. The van der Waals surface area contributed by atoms with Crippen molar-refractivity contribution in [3.63, 3.8) is 0 Å². The quantitative estimate of drug-likeness (QED) is 0.570. The van der Waals surface area contributed by atoms with E-state index in [0.717, 1.165) is 6.42 Å². The molecule has 56 valence electrons. The predicted octanol–water partition coefficient (Wildman–Crippen LogP) is 0.203. The lowest BCUT2D eigenvalue weighted by molar-refractivity contribution is -0.124. The number of ketones is 1. The molecular formula is C6H9NO3. The summed E-state index contributed by atoms with van der Waals surface area (Å²) in [5.74, 6) is -0.0150. The van der Waals surface area contributed by atoms with Gasteiger partial charge in [0.05, 0.1) is 0 Å². The summed E-state index contributed by atoms with van der Waals surface area (Å²) in [7, 11) is 0.